The number of nitrogens with zero attached hydrogens (tertiary/aromatic N) is 3. The number of aromatic nitrogens is 1. The molecule has 0 spiro atoms. The molecule has 1 aromatic heterocycles. The first kappa shape index (κ1) is 23.5. The summed E-state index contributed by atoms with van der Waals surface area (Å²) in [5.41, 5.74) is 5.59. The molecule has 0 atom stereocenters. The van der Waals surface area contributed by atoms with Crippen LogP contribution in [0.3, 0.4) is 0 Å². The Kier molecular flexibility index (Phi) is 6.84. The SMILES string of the molecule is Cc1cc(S(=O)(=O)N2CCN(c3nc(Cc4c(C)cccc4C)cs3)CC2)c(Cl)cc1Cl. The van der Waals surface area contributed by atoms with Crippen LogP contribution in [0.5, 0.6) is 0 Å². The van der Waals surface area contributed by atoms with Gasteiger partial charge in [0.25, 0.3) is 0 Å². The Morgan fingerprint density at radius 1 is 0.969 bits per heavy atom. The number of rotatable bonds is 5. The van der Waals surface area contributed by atoms with Crippen LogP contribution in [0, 0.1) is 20.8 Å². The Labute approximate surface area is 203 Å². The van der Waals surface area contributed by atoms with Crippen molar-refractivity contribution in [1.29, 1.82) is 0 Å². The van der Waals surface area contributed by atoms with Crippen molar-refractivity contribution in [2.24, 2.45) is 0 Å². The molecule has 32 heavy (non-hydrogen) atoms. The Morgan fingerprint density at radius 3 is 2.28 bits per heavy atom. The van der Waals surface area contributed by atoms with Gasteiger partial charge in [-0.15, -0.1) is 11.3 Å². The monoisotopic (exact) mass is 509 g/mol. The molecule has 0 unspecified atom stereocenters. The molecule has 0 N–H and O–H groups in total. The van der Waals surface area contributed by atoms with Crippen LogP contribution in [0.1, 0.15) is 27.9 Å². The van der Waals surface area contributed by atoms with E-state index in [2.05, 4.69) is 42.3 Å². The number of hydrogen-bond donors (Lipinski definition) is 0. The lowest BCUT2D eigenvalue weighted by Gasteiger charge is -2.34. The zero-order chi connectivity index (χ0) is 23.0. The number of anilines is 1. The van der Waals surface area contributed by atoms with Crippen molar-refractivity contribution in [2.45, 2.75) is 32.1 Å². The summed E-state index contributed by atoms with van der Waals surface area (Å²) in [7, 11) is -3.68. The number of thiazole rings is 1. The minimum absolute atomic E-state index is 0.111. The van der Waals surface area contributed by atoms with E-state index in [1.807, 2.05) is 0 Å². The fraction of sp³-hybridized carbons (Fsp3) is 0.348. The summed E-state index contributed by atoms with van der Waals surface area (Å²) < 4.78 is 27.8. The zero-order valence-electron chi connectivity index (χ0n) is 18.2. The van der Waals surface area contributed by atoms with E-state index >= 15 is 0 Å². The zero-order valence-corrected chi connectivity index (χ0v) is 21.4. The van der Waals surface area contributed by atoms with Crippen molar-refractivity contribution < 1.29 is 8.42 Å². The van der Waals surface area contributed by atoms with Gasteiger partial charge in [0.1, 0.15) is 4.90 Å². The van der Waals surface area contributed by atoms with E-state index in [1.165, 1.54) is 27.1 Å². The predicted molar refractivity (Wildman–Crippen MR) is 133 cm³/mol. The molecule has 0 radical (unpaired) electrons. The molecule has 0 amide bonds. The highest BCUT2D eigenvalue weighted by atomic mass is 35.5. The highest BCUT2D eigenvalue weighted by Gasteiger charge is 2.31. The second-order valence-corrected chi connectivity index (χ2v) is 11.6. The maximum Gasteiger partial charge on any atom is 0.244 e. The second kappa shape index (κ2) is 9.31. The first-order chi connectivity index (χ1) is 15.2. The quantitative estimate of drug-likeness (QED) is 0.457. The highest BCUT2D eigenvalue weighted by Crippen LogP contribution is 2.31. The first-order valence-electron chi connectivity index (χ1n) is 10.4. The Hall–Kier alpha value is -1.64. The maximum absolute atomic E-state index is 13.2. The molecule has 5 nitrogen and oxygen atoms in total. The van der Waals surface area contributed by atoms with Gasteiger partial charge in [-0.2, -0.15) is 4.31 Å². The molecule has 4 rings (SSSR count). The summed E-state index contributed by atoms with van der Waals surface area (Å²) in [6, 6.07) is 9.38. The fourth-order valence-corrected chi connectivity index (χ4v) is 7.03. The van der Waals surface area contributed by atoms with E-state index in [1.54, 1.807) is 24.3 Å². The summed E-state index contributed by atoms with van der Waals surface area (Å²) in [5, 5.41) is 3.64. The molecule has 3 aromatic rings. The third-order valence-electron chi connectivity index (χ3n) is 5.88. The Balaban J connectivity index is 1.45. The summed E-state index contributed by atoms with van der Waals surface area (Å²) in [6.45, 7) is 7.96. The van der Waals surface area contributed by atoms with Crippen LogP contribution in [-0.2, 0) is 16.4 Å². The van der Waals surface area contributed by atoms with Gasteiger partial charge in [-0.05, 0) is 55.2 Å². The lowest BCUT2D eigenvalue weighted by Crippen LogP contribution is -2.48. The molecule has 0 aliphatic carbocycles. The van der Waals surface area contributed by atoms with E-state index in [0.29, 0.717) is 36.8 Å². The van der Waals surface area contributed by atoms with Gasteiger partial charge < -0.3 is 4.90 Å². The molecule has 0 saturated carbocycles. The van der Waals surface area contributed by atoms with Gasteiger partial charge in [0.05, 0.1) is 10.7 Å². The molecule has 1 fully saturated rings. The summed E-state index contributed by atoms with van der Waals surface area (Å²) >= 11 is 13.9. The van der Waals surface area contributed by atoms with Crippen molar-refractivity contribution in [3.63, 3.8) is 0 Å². The largest absolute Gasteiger partial charge is 0.345 e. The average molecular weight is 511 g/mol. The van der Waals surface area contributed by atoms with Crippen LogP contribution >= 0.6 is 34.5 Å². The molecular formula is C23H25Cl2N3O2S2. The van der Waals surface area contributed by atoms with Crippen LogP contribution in [0.15, 0.2) is 40.6 Å². The minimum Gasteiger partial charge on any atom is -0.345 e. The van der Waals surface area contributed by atoms with Gasteiger partial charge in [-0.25, -0.2) is 13.4 Å². The lowest BCUT2D eigenvalue weighted by molar-refractivity contribution is 0.384. The van der Waals surface area contributed by atoms with Crippen LogP contribution in [0.4, 0.5) is 5.13 Å². The molecule has 2 aromatic carbocycles. The molecule has 1 aliphatic rings. The fourth-order valence-electron chi connectivity index (χ4n) is 3.92. The predicted octanol–water partition coefficient (Wildman–Crippen LogP) is 5.48. The normalized spacial score (nSPS) is 15.3. The van der Waals surface area contributed by atoms with Crippen molar-refractivity contribution in [3.8, 4) is 0 Å². The van der Waals surface area contributed by atoms with Gasteiger partial charge >= 0.3 is 0 Å². The van der Waals surface area contributed by atoms with E-state index < -0.39 is 10.0 Å². The second-order valence-electron chi connectivity index (χ2n) is 8.09. The number of piperazine rings is 1. The average Bonchev–Trinajstić information content (AvgIpc) is 3.22. The van der Waals surface area contributed by atoms with Gasteiger partial charge in [0, 0.05) is 43.0 Å². The number of hydrogen-bond acceptors (Lipinski definition) is 5. The minimum atomic E-state index is -3.68. The van der Waals surface area contributed by atoms with E-state index in [9.17, 15) is 8.42 Å². The van der Waals surface area contributed by atoms with E-state index in [-0.39, 0.29) is 9.92 Å². The molecule has 1 saturated heterocycles. The van der Waals surface area contributed by atoms with Crippen LogP contribution in [0.25, 0.3) is 0 Å². The number of aryl methyl sites for hydroxylation is 3. The third kappa shape index (κ3) is 4.68. The molecule has 0 bridgehead atoms. The smallest absolute Gasteiger partial charge is 0.244 e. The summed E-state index contributed by atoms with van der Waals surface area (Å²) in [6.07, 6.45) is 0.803. The van der Waals surface area contributed by atoms with Crippen molar-refractivity contribution in [1.82, 2.24) is 9.29 Å². The van der Waals surface area contributed by atoms with Gasteiger partial charge in [-0.1, -0.05) is 41.4 Å². The first-order valence-corrected chi connectivity index (χ1v) is 13.4. The van der Waals surface area contributed by atoms with Crippen LogP contribution in [0.2, 0.25) is 10.0 Å². The molecule has 1 aliphatic heterocycles. The van der Waals surface area contributed by atoms with Crippen LogP contribution < -0.4 is 4.90 Å². The summed E-state index contributed by atoms with van der Waals surface area (Å²) in [4.78, 5) is 7.10. The van der Waals surface area contributed by atoms with Gasteiger partial charge in [0.2, 0.25) is 10.0 Å². The third-order valence-corrected chi connectivity index (χ3v) is 9.60. The number of sulfonamides is 1. The van der Waals surface area contributed by atoms with E-state index in [0.717, 1.165) is 17.2 Å². The number of halogens is 2. The molecule has 2 heterocycles. The topological polar surface area (TPSA) is 53.5 Å². The van der Waals surface area contributed by atoms with Gasteiger partial charge in [0.15, 0.2) is 5.13 Å². The number of benzene rings is 2. The molecular weight excluding hydrogens is 485 g/mol. The van der Waals surface area contributed by atoms with Crippen molar-refractivity contribution >= 4 is 49.7 Å². The van der Waals surface area contributed by atoms with Crippen molar-refractivity contribution in [2.75, 3.05) is 31.1 Å². The van der Waals surface area contributed by atoms with E-state index in [4.69, 9.17) is 28.2 Å². The van der Waals surface area contributed by atoms with Crippen molar-refractivity contribution in [3.05, 3.63) is 73.7 Å². The maximum atomic E-state index is 13.2. The van der Waals surface area contributed by atoms with Gasteiger partial charge in [-0.3, -0.25) is 0 Å². The molecule has 9 heteroatoms. The Morgan fingerprint density at radius 2 is 1.62 bits per heavy atom. The highest BCUT2D eigenvalue weighted by molar-refractivity contribution is 7.89. The Bertz CT molecular complexity index is 1230. The molecule has 170 valence electrons. The lowest BCUT2D eigenvalue weighted by atomic mass is 9.99. The summed E-state index contributed by atoms with van der Waals surface area (Å²) in [5.74, 6) is 0. The van der Waals surface area contributed by atoms with Crippen LogP contribution in [-0.4, -0.2) is 43.9 Å². The standard InChI is InChI=1S/C23H25Cl2N3O2S2/c1-15-5-4-6-16(2)19(15)12-18-14-31-23(26-18)27-7-9-28(10-8-27)32(29,30)22-11-17(3)20(24)13-21(22)25/h4-6,11,13-14H,7-10,12H2,1-3H3.